The lowest BCUT2D eigenvalue weighted by atomic mass is 10.1. The maximum absolute atomic E-state index is 12.6. The van der Waals surface area contributed by atoms with E-state index < -0.39 is 5.91 Å². The molecule has 0 bridgehead atoms. The molecule has 0 saturated heterocycles. The number of primary amides is 1. The zero-order valence-electron chi connectivity index (χ0n) is 22.2. The van der Waals surface area contributed by atoms with E-state index in [1.54, 1.807) is 17.4 Å². The number of anilines is 1. The standard InChI is InChI=1S/C20H23N5O2S3.C4H8.C2H6/c1-5-11(6-2)15-9-12(17(21)27)18(29-15)22-16(26)10-28-19-23-24-20-25(19)13(7-3)14(8-4)30-20;1-3-4-2;1-2/h5,7-9H,6,10H2,1-4H3,(H2,21,27)(H,22,26);3H,1,4H2,2H3;1-2H3/b11-5+,13-7+,14-8+;;. The van der Waals surface area contributed by atoms with E-state index in [2.05, 4.69) is 29.0 Å². The van der Waals surface area contributed by atoms with Crippen molar-refractivity contribution in [3.05, 3.63) is 45.1 Å². The Labute approximate surface area is 225 Å². The van der Waals surface area contributed by atoms with E-state index in [1.807, 2.05) is 70.2 Å². The summed E-state index contributed by atoms with van der Waals surface area (Å²) in [5, 5.41) is 13.4. The molecule has 0 atom stereocenters. The van der Waals surface area contributed by atoms with Gasteiger partial charge in [-0.2, -0.15) is 0 Å². The van der Waals surface area contributed by atoms with Crippen LogP contribution in [0.25, 0.3) is 22.7 Å². The molecule has 0 aliphatic heterocycles. The lowest BCUT2D eigenvalue weighted by Gasteiger charge is -2.04. The molecule has 3 heterocycles. The number of hydrogen-bond acceptors (Lipinski definition) is 7. The minimum atomic E-state index is -0.559. The maximum atomic E-state index is 12.6. The summed E-state index contributed by atoms with van der Waals surface area (Å²) in [5.74, 6) is -0.651. The van der Waals surface area contributed by atoms with E-state index in [1.165, 1.54) is 23.1 Å². The number of thiophene rings is 1. The molecule has 3 aromatic heterocycles. The molecule has 0 unspecified atom stereocenters. The van der Waals surface area contributed by atoms with Crippen LogP contribution in [0.5, 0.6) is 0 Å². The van der Waals surface area contributed by atoms with Crippen LogP contribution in [0.4, 0.5) is 5.00 Å². The predicted molar refractivity (Wildman–Crippen MR) is 158 cm³/mol. The van der Waals surface area contributed by atoms with Gasteiger partial charge in [0.15, 0.2) is 5.16 Å². The van der Waals surface area contributed by atoms with Crippen LogP contribution in [0.15, 0.2) is 30.0 Å². The van der Waals surface area contributed by atoms with Gasteiger partial charge in [0, 0.05) is 4.88 Å². The fourth-order valence-electron chi connectivity index (χ4n) is 3.00. The van der Waals surface area contributed by atoms with Gasteiger partial charge in [0.1, 0.15) is 5.00 Å². The zero-order valence-corrected chi connectivity index (χ0v) is 24.6. The van der Waals surface area contributed by atoms with Gasteiger partial charge >= 0.3 is 0 Å². The van der Waals surface area contributed by atoms with Gasteiger partial charge in [-0.15, -0.1) is 28.1 Å². The highest BCUT2D eigenvalue weighted by molar-refractivity contribution is 7.99. The number of carbonyl (C=O) groups excluding carboxylic acids is 2. The second-order valence-electron chi connectivity index (χ2n) is 6.95. The molecular weight excluding hydrogens is 511 g/mol. The summed E-state index contributed by atoms with van der Waals surface area (Å²) in [6, 6.07) is 1.74. The van der Waals surface area contributed by atoms with Gasteiger partial charge in [-0.1, -0.05) is 75.1 Å². The molecule has 0 aromatic carbocycles. The third-order valence-corrected chi connectivity index (χ3v) is 7.92. The van der Waals surface area contributed by atoms with Crippen molar-refractivity contribution in [2.75, 3.05) is 11.1 Å². The Hall–Kier alpha value is -2.69. The van der Waals surface area contributed by atoms with Gasteiger partial charge in [0.05, 0.1) is 21.2 Å². The second kappa shape index (κ2) is 16.1. The monoisotopic (exact) mass is 547 g/mol. The first-order valence-corrected chi connectivity index (χ1v) is 14.6. The Balaban J connectivity index is 0.000000982. The van der Waals surface area contributed by atoms with Crippen molar-refractivity contribution < 1.29 is 9.59 Å². The molecule has 36 heavy (non-hydrogen) atoms. The highest BCUT2D eigenvalue weighted by atomic mass is 32.2. The summed E-state index contributed by atoms with van der Waals surface area (Å²) in [7, 11) is 0. The van der Waals surface area contributed by atoms with E-state index in [0.717, 1.165) is 38.1 Å². The topological polar surface area (TPSA) is 102 Å². The first kappa shape index (κ1) is 31.3. The largest absolute Gasteiger partial charge is 0.366 e. The molecule has 3 N–H and O–H groups in total. The molecule has 10 heteroatoms. The number of amides is 2. The Kier molecular flexibility index (Phi) is 14.0. The number of nitrogens with zero attached hydrogens (tertiary/aromatic N) is 3. The number of nitrogens with one attached hydrogen (secondary N) is 1. The van der Waals surface area contributed by atoms with E-state index in [0.29, 0.717) is 15.7 Å². The van der Waals surface area contributed by atoms with E-state index in [4.69, 9.17) is 5.73 Å². The molecule has 196 valence electrons. The molecule has 7 nitrogen and oxygen atoms in total. The Morgan fingerprint density at radius 3 is 2.33 bits per heavy atom. The molecule has 0 saturated carbocycles. The average Bonchev–Trinajstić information content (AvgIpc) is 3.58. The van der Waals surface area contributed by atoms with Crippen LogP contribution in [0, 0.1) is 0 Å². The number of aromatic nitrogens is 3. The lowest BCUT2D eigenvalue weighted by molar-refractivity contribution is -0.113. The Bertz CT molecular complexity index is 1320. The molecule has 0 aliphatic carbocycles. The number of nitrogens with two attached hydrogens (primary N) is 1. The summed E-state index contributed by atoms with van der Waals surface area (Å²) in [4.78, 5) is 26.1. The van der Waals surface area contributed by atoms with Crippen molar-refractivity contribution in [2.45, 2.75) is 66.5 Å². The zero-order chi connectivity index (χ0) is 27.3. The quantitative estimate of drug-likeness (QED) is 0.278. The van der Waals surface area contributed by atoms with Crippen LogP contribution in [0.2, 0.25) is 0 Å². The fraction of sp³-hybridized carbons (Fsp3) is 0.385. The van der Waals surface area contributed by atoms with Crippen LogP contribution >= 0.6 is 34.4 Å². The van der Waals surface area contributed by atoms with Gasteiger partial charge in [-0.25, -0.2) is 0 Å². The van der Waals surface area contributed by atoms with E-state index in [9.17, 15) is 9.59 Å². The first-order valence-electron chi connectivity index (χ1n) is 11.9. The van der Waals surface area contributed by atoms with Crippen LogP contribution < -0.4 is 20.9 Å². The lowest BCUT2D eigenvalue weighted by Crippen LogP contribution is -2.24. The van der Waals surface area contributed by atoms with Gasteiger partial charge in [-0.3, -0.25) is 14.0 Å². The van der Waals surface area contributed by atoms with Crippen LogP contribution in [-0.2, 0) is 4.79 Å². The van der Waals surface area contributed by atoms with Crippen LogP contribution in [0.3, 0.4) is 0 Å². The number of thiazole rings is 1. The number of hydrogen-bond donors (Lipinski definition) is 2. The number of fused-ring (bicyclic) bond motifs is 1. The second-order valence-corrected chi connectivity index (χ2v) is 9.95. The highest BCUT2D eigenvalue weighted by Gasteiger charge is 2.18. The molecule has 0 aliphatic rings. The summed E-state index contributed by atoms with van der Waals surface area (Å²) in [6.45, 7) is 17.5. The van der Waals surface area contributed by atoms with Crippen molar-refractivity contribution in [2.24, 2.45) is 5.73 Å². The third kappa shape index (κ3) is 7.91. The number of carbonyl (C=O) groups is 2. The summed E-state index contributed by atoms with van der Waals surface area (Å²) >= 11 is 4.22. The molecule has 0 fully saturated rings. The minimum Gasteiger partial charge on any atom is -0.366 e. The van der Waals surface area contributed by atoms with Gasteiger partial charge < -0.3 is 11.1 Å². The summed E-state index contributed by atoms with van der Waals surface area (Å²) in [5.41, 5.74) is 6.95. The van der Waals surface area contributed by atoms with Crippen molar-refractivity contribution in [1.29, 1.82) is 0 Å². The molecule has 0 spiro atoms. The molecular formula is C26H37N5O2S3. The van der Waals surface area contributed by atoms with Crippen molar-refractivity contribution >= 4 is 73.9 Å². The normalized spacial score (nSPS) is 12.0. The third-order valence-electron chi connectivity index (χ3n) is 4.75. The summed E-state index contributed by atoms with van der Waals surface area (Å²) in [6.07, 6.45) is 9.83. The highest BCUT2D eigenvalue weighted by Crippen LogP contribution is 2.34. The number of rotatable bonds is 8. The van der Waals surface area contributed by atoms with Crippen LogP contribution in [-0.4, -0.2) is 32.2 Å². The maximum Gasteiger partial charge on any atom is 0.251 e. The first-order chi connectivity index (χ1) is 17.3. The molecule has 0 radical (unpaired) electrons. The minimum absolute atomic E-state index is 0.140. The van der Waals surface area contributed by atoms with Gasteiger partial charge in [-0.05, 0) is 45.3 Å². The molecule has 2 amide bonds. The smallest absolute Gasteiger partial charge is 0.251 e. The average molecular weight is 548 g/mol. The van der Waals surface area contributed by atoms with Gasteiger partial charge in [0.2, 0.25) is 10.9 Å². The SMILES string of the molecule is C/C=C(\CC)c1cc(C(N)=O)c(NC(=O)CSc2nnc3sc(=C/C)/c(=C\C)n23)s1.C=CCC.CC. The Morgan fingerprint density at radius 2 is 1.83 bits per heavy atom. The van der Waals surface area contributed by atoms with Gasteiger partial charge in [0.25, 0.3) is 5.91 Å². The van der Waals surface area contributed by atoms with Crippen molar-refractivity contribution in [3.8, 4) is 0 Å². The van der Waals surface area contributed by atoms with E-state index >= 15 is 0 Å². The number of thioether (sulfide) groups is 1. The van der Waals surface area contributed by atoms with E-state index in [-0.39, 0.29) is 11.7 Å². The predicted octanol–water partition coefficient (Wildman–Crippen LogP) is 5.70. The number of allylic oxidation sites excluding steroid dienone is 3. The Morgan fingerprint density at radius 1 is 1.17 bits per heavy atom. The van der Waals surface area contributed by atoms with Crippen molar-refractivity contribution in [3.63, 3.8) is 0 Å². The van der Waals surface area contributed by atoms with Crippen molar-refractivity contribution in [1.82, 2.24) is 14.6 Å². The van der Waals surface area contributed by atoms with Crippen LogP contribution in [0.1, 0.15) is 76.5 Å². The fourth-order valence-corrected chi connectivity index (χ4v) is 6.01. The molecule has 3 rings (SSSR count). The summed E-state index contributed by atoms with van der Waals surface area (Å²) < 4.78 is 3.07. The molecule has 3 aromatic rings.